The zero-order valence-corrected chi connectivity index (χ0v) is 14.4. The van der Waals surface area contributed by atoms with Gasteiger partial charge in [0.2, 0.25) is 5.95 Å². The van der Waals surface area contributed by atoms with Gasteiger partial charge in [-0.3, -0.25) is 4.79 Å². The molecule has 0 bridgehead atoms. The number of halogens is 1. The SMILES string of the molecule is CCCCN(C)c1ncc(C(=O)Nc2ccc(C)c(Cl)c2)cn1. The number of nitrogens with one attached hydrogen (secondary N) is 1. The number of unbranched alkanes of at least 4 members (excludes halogenated alkanes) is 1. The van der Waals surface area contributed by atoms with Crippen molar-refractivity contribution < 1.29 is 4.79 Å². The molecule has 0 aliphatic rings. The number of hydrogen-bond donors (Lipinski definition) is 1. The zero-order valence-electron chi connectivity index (χ0n) is 13.6. The molecular weight excluding hydrogens is 312 g/mol. The van der Waals surface area contributed by atoms with E-state index in [1.54, 1.807) is 6.07 Å². The van der Waals surface area contributed by atoms with Crippen LogP contribution in [0.5, 0.6) is 0 Å². The number of nitrogens with zero attached hydrogens (tertiary/aromatic N) is 3. The monoisotopic (exact) mass is 332 g/mol. The van der Waals surface area contributed by atoms with Gasteiger partial charge in [0, 0.05) is 36.7 Å². The molecule has 1 N–H and O–H groups in total. The Kier molecular flexibility index (Phi) is 5.93. The van der Waals surface area contributed by atoms with Crippen LogP contribution in [0.2, 0.25) is 5.02 Å². The number of aromatic nitrogens is 2. The summed E-state index contributed by atoms with van der Waals surface area (Å²) in [6.45, 7) is 4.94. The topological polar surface area (TPSA) is 58.1 Å². The van der Waals surface area contributed by atoms with E-state index in [1.165, 1.54) is 12.4 Å². The molecule has 0 fully saturated rings. The van der Waals surface area contributed by atoms with Crippen LogP contribution in [-0.2, 0) is 0 Å². The van der Waals surface area contributed by atoms with E-state index in [0.29, 0.717) is 22.2 Å². The van der Waals surface area contributed by atoms with Crippen molar-refractivity contribution in [2.24, 2.45) is 0 Å². The minimum atomic E-state index is -0.257. The Morgan fingerprint density at radius 3 is 2.61 bits per heavy atom. The number of anilines is 2. The average Bonchev–Trinajstić information content (AvgIpc) is 2.56. The fourth-order valence-corrected chi connectivity index (χ4v) is 2.19. The summed E-state index contributed by atoms with van der Waals surface area (Å²) in [5.74, 6) is 0.362. The molecule has 0 aliphatic heterocycles. The second kappa shape index (κ2) is 7.92. The smallest absolute Gasteiger partial charge is 0.258 e. The van der Waals surface area contributed by atoms with E-state index in [0.717, 1.165) is 24.9 Å². The Morgan fingerprint density at radius 2 is 2.00 bits per heavy atom. The Bertz CT molecular complexity index is 673. The molecule has 6 heteroatoms. The molecule has 0 unspecified atom stereocenters. The van der Waals surface area contributed by atoms with Gasteiger partial charge in [0.1, 0.15) is 0 Å². The van der Waals surface area contributed by atoms with Gasteiger partial charge in [-0.05, 0) is 31.0 Å². The predicted molar refractivity (Wildman–Crippen MR) is 94.4 cm³/mol. The first-order valence-corrected chi connectivity index (χ1v) is 7.99. The lowest BCUT2D eigenvalue weighted by Crippen LogP contribution is -2.21. The molecule has 0 saturated heterocycles. The third-order valence-corrected chi connectivity index (χ3v) is 3.93. The van der Waals surface area contributed by atoms with Gasteiger partial charge in [0.15, 0.2) is 0 Å². The van der Waals surface area contributed by atoms with Gasteiger partial charge < -0.3 is 10.2 Å². The first-order valence-electron chi connectivity index (χ1n) is 7.62. The van der Waals surface area contributed by atoms with Gasteiger partial charge in [-0.25, -0.2) is 9.97 Å². The minimum Gasteiger partial charge on any atom is -0.344 e. The summed E-state index contributed by atoms with van der Waals surface area (Å²) >= 11 is 6.06. The Morgan fingerprint density at radius 1 is 1.30 bits per heavy atom. The summed E-state index contributed by atoms with van der Waals surface area (Å²) in [7, 11) is 1.94. The summed E-state index contributed by atoms with van der Waals surface area (Å²) in [6.07, 6.45) is 5.27. The van der Waals surface area contributed by atoms with Gasteiger partial charge in [-0.1, -0.05) is 31.0 Å². The van der Waals surface area contributed by atoms with Crippen molar-refractivity contribution >= 4 is 29.1 Å². The van der Waals surface area contributed by atoms with Crippen molar-refractivity contribution in [3.05, 3.63) is 46.7 Å². The summed E-state index contributed by atoms with van der Waals surface area (Å²) in [6, 6.07) is 5.40. The van der Waals surface area contributed by atoms with Crippen molar-refractivity contribution in [3.8, 4) is 0 Å². The van der Waals surface area contributed by atoms with Crippen molar-refractivity contribution in [1.82, 2.24) is 9.97 Å². The molecule has 2 rings (SSSR count). The van der Waals surface area contributed by atoms with Crippen molar-refractivity contribution in [3.63, 3.8) is 0 Å². The van der Waals surface area contributed by atoms with Crippen LogP contribution >= 0.6 is 11.6 Å². The van der Waals surface area contributed by atoms with Gasteiger partial charge in [0.25, 0.3) is 5.91 Å². The van der Waals surface area contributed by atoms with E-state index in [9.17, 15) is 4.79 Å². The summed E-state index contributed by atoms with van der Waals surface area (Å²) in [5.41, 5.74) is 2.02. The maximum absolute atomic E-state index is 12.2. The standard InChI is InChI=1S/C17H21ClN4O/c1-4-5-8-22(3)17-19-10-13(11-20-17)16(23)21-14-7-6-12(2)15(18)9-14/h6-7,9-11H,4-5,8H2,1-3H3,(H,21,23). The molecule has 1 aromatic heterocycles. The number of rotatable bonds is 6. The molecule has 0 radical (unpaired) electrons. The maximum atomic E-state index is 12.2. The van der Waals surface area contributed by atoms with Crippen LogP contribution in [0, 0.1) is 6.92 Å². The molecule has 0 aliphatic carbocycles. The number of benzene rings is 1. The second-order valence-electron chi connectivity index (χ2n) is 5.46. The fraction of sp³-hybridized carbons (Fsp3) is 0.353. The molecular formula is C17H21ClN4O. The van der Waals surface area contributed by atoms with Crippen LogP contribution in [0.15, 0.2) is 30.6 Å². The Hall–Kier alpha value is -2.14. The van der Waals surface area contributed by atoms with E-state index in [-0.39, 0.29) is 5.91 Å². The van der Waals surface area contributed by atoms with Gasteiger partial charge in [-0.2, -0.15) is 0 Å². The molecule has 1 amide bonds. The van der Waals surface area contributed by atoms with E-state index in [1.807, 2.05) is 31.0 Å². The van der Waals surface area contributed by atoms with Crippen LogP contribution in [0.25, 0.3) is 0 Å². The highest BCUT2D eigenvalue weighted by atomic mass is 35.5. The van der Waals surface area contributed by atoms with Gasteiger partial charge in [-0.15, -0.1) is 0 Å². The summed E-state index contributed by atoms with van der Waals surface area (Å²) in [4.78, 5) is 22.7. The van der Waals surface area contributed by atoms with E-state index >= 15 is 0 Å². The van der Waals surface area contributed by atoms with Gasteiger partial charge >= 0.3 is 0 Å². The largest absolute Gasteiger partial charge is 0.344 e. The number of carbonyl (C=O) groups is 1. The number of carbonyl (C=O) groups excluding carboxylic acids is 1. The van der Waals surface area contributed by atoms with Crippen LogP contribution in [-0.4, -0.2) is 29.5 Å². The van der Waals surface area contributed by atoms with Crippen LogP contribution in [0.3, 0.4) is 0 Å². The van der Waals surface area contributed by atoms with Crippen molar-refractivity contribution in [2.75, 3.05) is 23.8 Å². The molecule has 2 aromatic rings. The highest BCUT2D eigenvalue weighted by Gasteiger charge is 2.10. The van der Waals surface area contributed by atoms with E-state index < -0.39 is 0 Å². The molecule has 1 heterocycles. The van der Waals surface area contributed by atoms with Crippen molar-refractivity contribution in [2.45, 2.75) is 26.7 Å². The third kappa shape index (κ3) is 4.66. The second-order valence-corrected chi connectivity index (χ2v) is 5.87. The van der Waals surface area contributed by atoms with E-state index in [2.05, 4.69) is 22.2 Å². The zero-order chi connectivity index (χ0) is 16.8. The number of amides is 1. The molecule has 0 atom stereocenters. The molecule has 0 saturated carbocycles. The number of hydrogen-bond acceptors (Lipinski definition) is 4. The van der Waals surface area contributed by atoms with Gasteiger partial charge in [0.05, 0.1) is 5.56 Å². The van der Waals surface area contributed by atoms with E-state index in [4.69, 9.17) is 11.6 Å². The predicted octanol–water partition coefficient (Wildman–Crippen LogP) is 3.93. The Labute approximate surface area is 141 Å². The molecule has 5 nitrogen and oxygen atoms in total. The minimum absolute atomic E-state index is 0.257. The van der Waals surface area contributed by atoms with Crippen LogP contribution < -0.4 is 10.2 Å². The quantitative estimate of drug-likeness (QED) is 0.870. The van der Waals surface area contributed by atoms with Crippen molar-refractivity contribution in [1.29, 1.82) is 0 Å². The average molecular weight is 333 g/mol. The Balaban J connectivity index is 2.03. The lowest BCUT2D eigenvalue weighted by Gasteiger charge is -2.16. The summed E-state index contributed by atoms with van der Waals surface area (Å²) in [5, 5.41) is 3.41. The normalized spacial score (nSPS) is 10.4. The summed E-state index contributed by atoms with van der Waals surface area (Å²) < 4.78 is 0. The first kappa shape index (κ1) is 17.2. The molecule has 0 spiro atoms. The number of aryl methyl sites for hydroxylation is 1. The van der Waals surface area contributed by atoms with Crippen LogP contribution in [0.4, 0.5) is 11.6 Å². The third-order valence-electron chi connectivity index (χ3n) is 3.52. The molecule has 122 valence electrons. The highest BCUT2D eigenvalue weighted by molar-refractivity contribution is 6.31. The highest BCUT2D eigenvalue weighted by Crippen LogP contribution is 2.20. The lowest BCUT2D eigenvalue weighted by atomic mass is 10.2. The maximum Gasteiger partial charge on any atom is 0.258 e. The fourth-order valence-electron chi connectivity index (χ4n) is 2.00. The molecule has 23 heavy (non-hydrogen) atoms. The molecule has 1 aromatic carbocycles. The van der Waals surface area contributed by atoms with Crippen LogP contribution in [0.1, 0.15) is 35.7 Å². The lowest BCUT2D eigenvalue weighted by molar-refractivity contribution is 0.102. The first-order chi connectivity index (χ1) is 11.0.